The standard InChI is InChI=1S/C28H26N2O6/c1-4-35-22-7-5-6-20(16-22)25(31)23-24(18-12-14-29-15-13-18)30(27(33)26(23)32)21-10-8-19(9-11-21)28(34)36-17(2)3/h5-17,24,31H,4H2,1-3H3/b25-23+. The number of aliphatic hydroxyl groups is 1. The summed E-state index contributed by atoms with van der Waals surface area (Å²) in [6.45, 7) is 5.79. The van der Waals surface area contributed by atoms with Crippen molar-refractivity contribution in [1.82, 2.24) is 4.98 Å². The van der Waals surface area contributed by atoms with Crippen LogP contribution in [0.15, 0.2) is 78.6 Å². The molecule has 1 aliphatic heterocycles. The number of ether oxygens (including phenoxy) is 2. The Labute approximate surface area is 208 Å². The molecule has 1 N–H and O–H groups in total. The van der Waals surface area contributed by atoms with Crippen LogP contribution in [0.2, 0.25) is 0 Å². The van der Waals surface area contributed by atoms with Crippen molar-refractivity contribution >= 4 is 29.1 Å². The van der Waals surface area contributed by atoms with E-state index in [1.54, 1.807) is 74.8 Å². The third-order valence-electron chi connectivity index (χ3n) is 5.61. The summed E-state index contributed by atoms with van der Waals surface area (Å²) in [5.74, 6) is -1.88. The molecular formula is C28H26N2O6. The second kappa shape index (κ2) is 10.4. The minimum Gasteiger partial charge on any atom is -0.507 e. The van der Waals surface area contributed by atoms with Gasteiger partial charge in [0.05, 0.1) is 29.9 Å². The first-order chi connectivity index (χ1) is 17.3. The van der Waals surface area contributed by atoms with Crippen LogP contribution >= 0.6 is 0 Å². The van der Waals surface area contributed by atoms with Crippen LogP contribution in [0.1, 0.15) is 48.3 Å². The molecule has 2 heterocycles. The number of aliphatic hydroxyl groups excluding tert-OH is 1. The summed E-state index contributed by atoms with van der Waals surface area (Å²) < 4.78 is 10.7. The summed E-state index contributed by atoms with van der Waals surface area (Å²) in [5.41, 5.74) is 1.60. The van der Waals surface area contributed by atoms with Crippen molar-refractivity contribution in [2.75, 3.05) is 11.5 Å². The molecule has 1 fully saturated rings. The summed E-state index contributed by atoms with van der Waals surface area (Å²) in [6.07, 6.45) is 2.83. The van der Waals surface area contributed by atoms with Crippen LogP contribution in [0.3, 0.4) is 0 Å². The Bertz CT molecular complexity index is 1320. The third-order valence-corrected chi connectivity index (χ3v) is 5.61. The molecule has 1 aromatic heterocycles. The maximum Gasteiger partial charge on any atom is 0.338 e. The Hall–Kier alpha value is -4.46. The van der Waals surface area contributed by atoms with E-state index in [1.807, 2.05) is 6.92 Å². The SMILES string of the molecule is CCOc1cccc(/C(O)=C2\C(=O)C(=O)N(c3ccc(C(=O)OC(C)C)cc3)C2c2ccncc2)c1. The molecule has 1 aliphatic rings. The van der Waals surface area contributed by atoms with Gasteiger partial charge in [0, 0.05) is 23.6 Å². The Morgan fingerprint density at radius 3 is 2.36 bits per heavy atom. The normalized spacial score (nSPS) is 16.9. The quantitative estimate of drug-likeness (QED) is 0.224. The number of pyridine rings is 1. The fourth-order valence-corrected chi connectivity index (χ4v) is 4.06. The van der Waals surface area contributed by atoms with Gasteiger partial charge in [0.15, 0.2) is 0 Å². The molecule has 4 rings (SSSR count). The lowest BCUT2D eigenvalue weighted by molar-refractivity contribution is -0.132. The fourth-order valence-electron chi connectivity index (χ4n) is 4.06. The van der Waals surface area contributed by atoms with Gasteiger partial charge in [-0.15, -0.1) is 0 Å². The van der Waals surface area contributed by atoms with Crippen molar-refractivity contribution < 1.29 is 29.0 Å². The highest BCUT2D eigenvalue weighted by molar-refractivity contribution is 6.51. The first-order valence-corrected chi connectivity index (χ1v) is 11.6. The molecule has 36 heavy (non-hydrogen) atoms. The second-order valence-corrected chi connectivity index (χ2v) is 8.41. The molecule has 3 aromatic rings. The highest BCUT2D eigenvalue weighted by Crippen LogP contribution is 2.42. The second-order valence-electron chi connectivity index (χ2n) is 8.41. The van der Waals surface area contributed by atoms with E-state index in [0.29, 0.717) is 34.7 Å². The van der Waals surface area contributed by atoms with Crippen molar-refractivity contribution in [1.29, 1.82) is 0 Å². The highest BCUT2D eigenvalue weighted by atomic mass is 16.5. The van der Waals surface area contributed by atoms with Crippen LogP contribution in [0.4, 0.5) is 5.69 Å². The molecule has 1 amide bonds. The first-order valence-electron chi connectivity index (χ1n) is 11.6. The van der Waals surface area contributed by atoms with Crippen LogP contribution in [-0.4, -0.2) is 40.5 Å². The fraction of sp³-hybridized carbons (Fsp3) is 0.214. The average Bonchev–Trinajstić information content (AvgIpc) is 3.14. The van der Waals surface area contributed by atoms with E-state index in [9.17, 15) is 19.5 Å². The van der Waals surface area contributed by atoms with Gasteiger partial charge in [0.2, 0.25) is 0 Å². The van der Waals surface area contributed by atoms with Gasteiger partial charge in [-0.05, 0) is 74.9 Å². The summed E-state index contributed by atoms with van der Waals surface area (Å²) in [6, 6.07) is 15.4. The Kier molecular flexibility index (Phi) is 7.15. The minimum atomic E-state index is -0.905. The van der Waals surface area contributed by atoms with Crippen molar-refractivity contribution in [3.8, 4) is 5.75 Å². The van der Waals surface area contributed by atoms with Gasteiger partial charge in [-0.1, -0.05) is 12.1 Å². The van der Waals surface area contributed by atoms with Crippen molar-refractivity contribution in [2.24, 2.45) is 0 Å². The smallest absolute Gasteiger partial charge is 0.338 e. The van der Waals surface area contributed by atoms with Crippen molar-refractivity contribution in [3.63, 3.8) is 0 Å². The predicted octanol–water partition coefficient (Wildman–Crippen LogP) is 4.67. The van der Waals surface area contributed by atoms with E-state index in [4.69, 9.17) is 9.47 Å². The molecule has 8 nitrogen and oxygen atoms in total. The van der Waals surface area contributed by atoms with Crippen molar-refractivity contribution in [2.45, 2.75) is 32.9 Å². The van der Waals surface area contributed by atoms with E-state index in [1.165, 1.54) is 17.0 Å². The lowest BCUT2D eigenvalue weighted by atomic mass is 9.95. The van der Waals surface area contributed by atoms with E-state index in [2.05, 4.69) is 4.98 Å². The number of aromatic nitrogens is 1. The zero-order valence-electron chi connectivity index (χ0n) is 20.2. The monoisotopic (exact) mass is 486 g/mol. The van der Waals surface area contributed by atoms with E-state index in [0.717, 1.165) is 0 Å². The molecule has 8 heteroatoms. The first kappa shape index (κ1) is 24.7. The highest BCUT2D eigenvalue weighted by Gasteiger charge is 2.47. The predicted molar refractivity (Wildman–Crippen MR) is 134 cm³/mol. The van der Waals surface area contributed by atoms with Gasteiger partial charge >= 0.3 is 5.97 Å². The molecule has 0 spiro atoms. The number of esters is 1. The van der Waals surface area contributed by atoms with E-state index in [-0.39, 0.29) is 17.4 Å². The average molecular weight is 487 g/mol. The molecule has 0 bridgehead atoms. The number of hydrogen-bond acceptors (Lipinski definition) is 7. The molecule has 0 radical (unpaired) electrons. The molecule has 1 unspecified atom stereocenters. The van der Waals surface area contributed by atoms with Crippen LogP contribution in [0.25, 0.3) is 5.76 Å². The lowest BCUT2D eigenvalue weighted by Gasteiger charge is -2.25. The number of rotatable bonds is 7. The number of carbonyl (C=O) groups excluding carboxylic acids is 3. The molecule has 184 valence electrons. The number of nitrogens with zero attached hydrogens (tertiary/aromatic N) is 2. The van der Waals surface area contributed by atoms with E-state index >= 15 is 0 Å². The number of Topliss-reactive ketones (excluding diaryl/α,β-unsaturated/α-hetero) is 1. The Morgan fingerprint density at radius 2 is 1.72 bits per heavy atom. The molecule has 2 aromatic carbocycles. The number of amides is 1. The lowest BCUT2D eigenvalue weighted by Crippen LogP contribution is -2.29. The van der Waals surface area contributed by atoms with Gasteiger partial charge < -0.3 is 14.6 Å². The van der Waals surface area contributed by atoms with Gasteiger partial charge in [-0.2, -0.15) is 0 Å². The molecule has 1 atom stereocenters. The van der Waals surface area contributed by atoms with Gasteiger partial charge in [-0.3, -0.25) is 19.5 Å². The van der Waals surface area contributed by atoms with Crippen LogP contribution in [0, 0.1) is 0 Å². The molecule has 0 saturated carbocycles. The summed E-state index contributed by atoms with van der Waals surface area (Å²) >= 11 is 0. The number of ketones is 1. The topological polar surface area (TPSA) is 106 Å². The van der Waals surface area contributed by atoms with Gasteiger partial charge in [0.25, 0.3) is 11.7 Å². The number of carbonyl (C=O) groups is 3. The summed E-state index contributed by atoms with van der Waals surface area (Å²) in [5, 5.41) is 11.2. The minimum absolute atomic E-state index is 0.0526. The van der Waals surface area contributed by atoms with Gasteiger partial charge in [-0.25, -0.2) is 4.79 Å². The van der Waals surface area contributed by atoms with Gasteiger partial charge in [0.1, 0.15) is 11.5 Å². The molecule has 1 saturated heterocycles. The number of benzene rings is 2. The maximum atomic E-state index is 13.3. The zero-order chi connectivity index (χ0) is 25.8. The van der Waals surface area contributed by atoms with Crippen LogP contribution < -0.4 is 9.64 Å². The van der Waals surface area contributed by atoms with Crippen molar-refractivity contribution in [3.05, 3.63) is 95.3 Å². The summed E-state index contributed by atoms with van der Waals surface area (Å²) in [7, 11) is 0. The van der Waals surface area contributed by atoms with Crippen LogP contribution in [-0.2, 0) is 14.3 Å². The maximum absolute atomic E-state index is 13.3. The Balaban J connectivity index is 1.81. The molecule has 0 aliphatic carbocycles. The summed E-state index contributed by atoms with van der Waals surface area (Å²) in [4.78, 5) is 44.1. The third kappa shape index (κ3) is 4.84. The largest absolute Gasteiger partial charge is 0.507 e. The van der Waals surface area contributed by atoms with E-state index < -0.39 is 23.7 Å². The zero-order valence-corrected chi connectivity index (χ0v) is 20.2. The van der Waals surface area contributed by atoms with Crippen LogP contribution in [0.5, 0.6) is 5.75 Å². The number of hydrogen-bond donors (Lipinski definition) is 1. The Morgan fingerprint density at radius 1 is 1.03 bits per heavy atom. The number of anilines is 1. The molecular weight excluding hydrogens is 460 g/mol.